The third-order valence-electron chi connectivity index (χ3n) is 4.38. The molecule has 5 nitrogen and oxygen atoms in total. The van der Waals surface area contributed by atoms with Gasteiger partial charge in [0.25, 0.3) is 0 Å². The highest BCUT2D eigenvalue weighted by Crippen LogP contribution is 2.23. The quantitative estimate of drug-likeness (QED) is 0.924. The van der Waals surface area contributed by atoms with Crippen LogP contribution in [0.1, 0.15) is 30.9 Å². The highest BCUT2D eigenvalue weighted by molar-refractivity contribution is 7.89. The van der Waals surface area contributed by atoms with Gasteiger partial charge < -0.3 is 5.32 Å². The van der Waals surface area contributed by atoms with E-state index >= 15 is 0 Å². The Balaban J connectivity index is 2.08. The van der Waals surface area contributed by atoms with Crippen LogP contribution in [-0.2, 0) is 14.8 Å². The fraction of sp³-hybridized carbons (Fsp3) is 0.562. The Hall–Kier alpha value is -1.40. The van der Waals surface area contributed by atoms with Crippen LogP contribution in [-0.4, -0.2) is 37.5 Å². The first-order valence-electron chi connectivity index (χ1n) is 7.70. The summed E-state index contributed by atoms with van der Waals surface area (Å²) in [6.07, 6.45) is 1.45. The topological polar surface area (TPSA) is 66.5 Å². The van der Waals surface area contributed by atoms with Crippen molar-refractivity contribution in [1.82, 2.24) is 4.31 Å². The fourth-order valence-corrected chi connectivity index (χ4v) is 3.89. The summed E-state index contributed by atoms with van der Waals surface area (Å²) in [5.41, 5.74) is 2.97. The molecule has 0 spiro atoms. The van der Waals surface area contributed by atoms with Crippen molar-refractivity contribution in [3.63, 3.8) is 0 Å². The lowest BCUT2D eigenvalue weighted by Crippen LogP contribution is -2.44. The molecule has 1 heterocycles. The summed E-state index contributed by atoms with van der Waals surface area (Å²) in [6, 6.07) is 5.79. The number of carbonyl (C=O) groups excluding carboxylic acids is 1. The van der Waals surface area contributed by atoms with Crippen LogP contribution < -0.4 is 5.32 Å². The number of hydrogen-bond acceptors (Lipinski definition) is 3. The Kier molecular flexibility index (Phi) is 5.24. The molecule has 1 fully saturated rings. The molecule has 1 amide bonds. The van der Waals surface area contributed by atoms with E-state index in [1.165, 1.54) is 4.31 Å². The maximum Gasteiger partial charge on any atom is 0.228 e. The summed E-state index contributed by atoms with van der Waals surface area (Å²) < 4.78 is 25.4. The molecule has 0 aliphatic carbocycles. The lowest BCUT2D eigenvalue weighted by molar-refractivity contribution is -0.120. The van der Waals surface area contributed by atoms with E-state index in [2.05, 4.69) is 5.32 Å². The molecule has 122 valence electrons. The first kappa shape index (κ1) is 17.0. The molecular weight excluding hydrogens is 300 g/mol. The van der Waals surface area contributed by atoms with Crippen molar-refractivity contribution in [2.24, 2.45) is 5.92 Å². The summed E-state index contributed by atoms with van der Waals surface area (Å²) in [4.78, 5) is 12.5. The van der Waals surface area contributed by atoms with E-state index < -0.39 is 10.0 Å². The van der Waals surface area contributed by atoms with Crippen LogP contribution in [0, 0.1) is 19.8 Å². The Morgan fingerprint density at radius 2 is 2.09 bits per heavy atom. The zero-order chi connectivity index (χ0) is 16.3. The normalized spacial score (nSPS) is 19.9. The van der Waals surface area contributed by atoms with Crippen molar-refractivity contribution in [2.45, 2.75) is 33.6 Å². The Bertz CT molecular complexity index is 655. The van der Waals surface area contributed by atoms with Crippen molar-refractivity contribution in [3.05, 3.63) is 29.3 Å². The van der Waals surface area contributed by atoms with Gasteiger partial charge in [0.2, 0.25) is 15.9 Å². The van der Waals surface area contributed by atoms with Gasteiger partial charge in [-0.05, 0) is 50.8 Å². The molecule has 1 atom stereocenters. The number of nitrogens with zero attached hydrogens (tertiary/aromatic N) is 1. The van der Waals surface area contributed by atoms with Gasteiger partial charge in [-0.2, -0.15) is 0 Å². The minimum Gasteiger partial charge on any atom is -0.326 e. The zero-order valence-electron chi connectivity index (χ0n) is 13.4. The number of piperidine rings is 1. The van der Waals surface area contributed by atoms with Crippen molar-refractivity contribution in [1.29, 1.82) is 0 Å². The van der Waals surface area contributed by atoms with Gasteiger partial charge in [-0.1, -0.05) is 12.1 Å². The molecule has 1 N–H and O–H groups in total. The predicted molar refractivity (Wildman–Crippen MR) is 88.3 cm³/mol. The molecule has 2 rings (SSSR count). The lowest BCUT2D eigenvalue weighted by atomic mass is 9.98. The van der Waals surface area contributed by atoms with Gasteiger partial charge >= 0.3 is 0 Å². The number of hydrogen-bond donors (Lipinski definition) is 1. The monoisotopic (exact) mass is 324 g/mol. The van der Waals surface area contributed by atoms with Crippen LogP contribution in [0.2, 0.25) is 0 Å². The molecule has 0 bridgehead atoms. The van der Waals surface area contributed by atoms with E-state index in [1.54, 1.807) is 6.92 Å². The second-order valence-electron chi connectivity index (χ2n) is 5.83. The van der Waals surface area contributed by atoms with E-state index in [1.807, 2.05) is 32.0 Å². The first-order valence-corrected chi connectivity index (χ1v) is 9.31. The molecule has 0 unspecified atom stereocenters. The van der Waals surface area contributed by atoms with E-state index in [-0.39, 0.29) is 24.1 Å². The van der Waals surface area contributed by atoms with Gasteiger partial charge in [-0.25, -0.2) is 12.7 Å². The molecule has 1 aliphatic rings. The molecule has 6 heteroatoms. The van der Waals surface area contributed by atoms with Gasteiger partial charge in [0.05, 0.1) is 11.7 Å². The third kappa shape index (κ3) is 3.67. The molecule has 0 radical (unpaired) electrons. The molecule has 1 aromatic rings. The van der Waals surface area contributed by atoms with Crippen LogP contribution in [0.5, 0.6) is 0 Å². The van der Waals surface area contributed by atoms with Crippen LogP contribution in [0.3, 0.4) is 0 Å². The maximum absolute atomic E-state index is 12.5. The van der Waals surface area contributed by atoms with Gasteiger partial charge in [0, 0.05) is 18.8 Å². The van der Waals surface area contributed by atoms with E-state index in [4.69, 9.17) is 0 Å². The molecule has 0 saturated carbocycles. The number of carbonyl (C=O) groups is 1. The maximum atomic E-state index is 12.5. The van der Waals surface area contributed by atoms with Crippen LogP contribution >= 0.6 is 0 Å². The minimum atomic E-state index is -3.22. The SMILES string of the molecule is CCS(=O)(=O)N1CCC[C@H](C(=O)Nc2cccc(C)c2C)C1. The van der Waals surface area contributed by atoms with Gasteiger partial charge in [-0.15, -0.1) is 0 Å². The number of rotatable bonds is 4. The third-order valence-corrected chi connectivity index (χ3v) is 6.22. The average molecular weight is 324 g/mol. The highest BCUT2D eigenvalue weighted by atomic mass is 32.2. The van der Waals surface area contributed by atoms with Gasteiger partial charge in [0.15, 0.2) is 0 Å². The lowest BCUT2D eigenvalue weighted by Gasteiger charge is -2.31. The Morgan fingerprint density at radius 3 is 2.77 bits per heavy atom. The first-order chi connectivity index (χ1) is 10.3. The molecular formula is C16H24N2O3S. The number of nitrogens with one attached hydrogen (secondary N) is 1. The summed E-state index contributed by atoms with van der Waals surface area (Å²) in [5, 5.41) is 2.95. The van der Waals surface area contributed by atoms with E-state index in [0.29, 0.717) is 6.54 Å². The largest absolute Gasteiger partial charge is 0.326 e. The van der Waals surface area contributed by atoms with E-state index in [9.17, 15) is 13.2 Å². The Labute approximate surface area is 132 Å². The molecule has 1 saturated heterocycles. The molecule has 1 aromatic carbocycles. The number of benzene rings is 1. The summed E-state index contributed by atoms with van der Waals surface area (Å²) in [5.74, 6) is -0.294. The number of anilines is 1. The summed E-state index contributed by atoms with van der Waals surface area (Å²) >= 11 is 0. The van der Waals surface area contributed by atoms with Gasteiger partial charge in [-0.3, -0.25) is 4.79 Å². The molecule has 0 aromatic heterocycles. The number of amides is 1. The predicted octanol–water partition coefficient (Wildman–Crippen LogP) is 2.30. The number of aryl methyl sites for hydroxylation is 1. The second kappa shape index (κ2) is 6.79. The minimum absolute atomic E-state index is 0.0817. The second-order valence-corrected chi connectivity index (χ2v) is 8.09. The summed E-state index contributed by atoms with van der Waals surface area (Å²) in [7, 11) is -3.22. The smallest absolute Gasteiger partial charge is 0.228 e. The molecule has 22 heavy (non-hydrogen) atoms. The Morgan fingerprint density at radius 1 is 1.36 bits per heavy atom. The van der Waals surface area contributed by atoms with Crippen LogP contribution in [0.4, 0.5) is 5.69 Å². The van der Waals surface area contributed by atoms with Gasteiger partial charge in [0.1, 0.15) is 0 Å². The van der Waals surface area contributed by atoms with E-state index in [0.717, 1.165) is 29.7 Å². The highest BCUT2D eigenvalue weighted by Gasteiger charge is 2.31. The summed E-state index contributed by atoms with van der Waals surface area (Å²) in [6.45, 7) is 6.41. The van der Waals surface area contributed by atoms with Crippen molar-refractivity contribution < 1.29 is 13.2 Å². The zero-order valence-corrected chi connectivity index (χ0v) is 14.2. The van der Waals surface area contributed by atoms with Crippen LogP contribution in [0.15, 0.2) is 18.2 Å². The standard InChI is InChI=1S/C16H24N2O3S/c1-4-22(20,21)18-10-6-8-14(11-18)16(19)17-15-9-5-7-12(2)13(15)3/h5,7,9,14H,4,6,8,10-11H2,1-3H3,(H,17,19)/t14-/m0/s1. The fourth-order valence-electron chi connectivity index (χ4n) is 2.71. The average Bonchev–Trinajstić information content (AvgIpc) is 2.52. The van der Waals surface area contributed by atoms with Crippen molar-refractivity contribution in [3.8, 4) is 0 Å². The molecule has 1 aliphatic heterocycles. The number of sulfonamides is 1. The van der Waals surface area contributed by atoms with Crippen molar-refractivity contribution in [2.75, 3.05) is 24.2 Å². The van der Waals surface area contributed by atoms with Crippen LogP contribution in [0.25, 0.3) is 0 Å². The van der Waals surface area contributed by atoms with Crippen molar-refractivity contribution >= 4 is 21.6 Å².